The average Bonchev–Trinajstić information content (AvgIpc) is 3.37. The van der Waals surface area contributed by atoms with Crippen molar-refractivity contribution in [2.45, 2.75) is 77.0 Å². The maximum atomic E-state index is 12.5. The second-order valence-electron chi connectivity index (χ2n) is 8.73. The molecule has 2 saturated carbocycles. The molecule has 1 aromatic rings. The van der Waals surface area contributed by atoms with Crippen LogP contribution in [0.5, 0.6) is 0 Å². The predicted octanol–water partition coefficient (Wildman–Crippen LogP) is 5.89. The van der Waals surface area contributed by atoms with Gasteiger partial charge in [-0.1, -0.05) is 51.0 Å². The van der Waals surface area contributed by atoms with E-state index in [1.54, 1.807) is 0 Å². The van der Waals surface area contributed by atoms with E-state index in [2.05, 4.69) is 17.3 Å². The quantitative estimate of drug-likeness (QED) is 0.605. The average molecular weight is 365 g/mol. The third-order valence-corrected chi connectivity index (χ3v) is 6.83. The monoisotopic (exact) mass is 364 g/mol. The molecule has 0 bridgehead atoms. The Labute approximate surface area is 163 Å². The van der Waals surface area contributed by atoms with Crippen LogP contribution in [0.2, 0.25) is 0 Å². The van der Waals surface area contributed by atoms with Crippen molar-refractivity contribution in [2.24, 2.45) is 22.7 Å². The van der Waals surface area contributed by atoms with Gasteiger partial charge in [-0.3, -0.25) is 14.8 Å². The van der Waals surface area contributed by atoms with Gasteiger partial charge < -0.3 is 0 Å². The number of carbonyl (C=O) groups excluding carboxylic acids is 1. The highest BCUT2D eigenvalue weighted by Crippen LogP contribution is 2.40. The summed E-state index contributed by atoms with van der Waals surface area (Å²) < 4.78 is 0. The van der Waals surface area contributed by atoms with Gasteiger partial charge in [0.25, 0.3) is 0 Å². The molecule has 3 heteroatoms. The number of ketones is 1. The molecule has 0 saturated heterocycles. The van der Waals surface area contributed by atoms with Crippen LogP contribution in [0.4, 0.5) is 0 Å². The van der Waals surface area contributed by atoms with Crippen molar-refractivity contribution in [3.8, 4) is 0 Å². The van der Waals surface area contributed by atoms with E-state index in [0.29, 0.717) is 30.0 Å². The van der Waals surface area contributed by atoms with Gasteiger partial charge in [-0.05, 0) is 42.7 Å². The molecule has 0 radical (unpaired) electrons. The van der Waals surface area contributed by atoms with Crippen molar-refractivity contribution in [3.05, 3.63) is 41.9 Å². The van der Waals surface area contributed by atoms with Crippen molar-refractivity contribution in [1.29, 1.82) is 0 Å². The molecule has 27 heavy (non-hydrogen) atoms. The fourth-order valence-corrected chi connectivity index (χ4v) is 5.39. The summed E-state index contributed by atoms with van der Waals surface area (Å²) in [6.07, 6.45) is 20.0. The van der Waals surface area contributed by atoms with E-state index >= 15 is 0 Å². The Hall–Kier alpha value is -1.77. The Morgan fingerprint density at radius 3 is 2.56 bits per heavy atom. The Morgan fingerprint density at radius 2 is 1.81 bits per heavy atom. The number of aliphatic imine (C=N–C) groups is 1. The molecule has 4 rings (SSSR count). The molecular weight excluding hydrogens is 332 g/mol. The lowest BCUT2D eigenvalue weighted by Crippen LogP contribution is -2.26. The van der Waals surface area contributed by atoms with Gasteiger partial charge in [-0.25, -0.2) is 0 Å². The molecule has 2 heterocycles. The minimum Gasteiger partial charge on any atom is -0.300 e. The minimum atomic E-state index is 0.397. The second-order valence-corrected chi connectivity index (χ2v) is 8.73. The first-order valence-electron chi connectivity index (χ1n) is 11.0. The molecule has 3 aliphatic rings. The SMILES string of the molecule is O=C(CCC1=CN=C(c2cccnc2)C1C1CCCCC1)CC1CCCC1. The first-order valence-corrected chi connectivity index (χ1v) is 11.0. The number of aromatic nitrogens is 1. The van der Waals surface area contributed by atoms with Crippen LogP contribution in [0.15, 0.2) is 41.3 Å². The molecule has 1 unspecified atom stereocenters. The Balaban J connectivity index is 1.42. The standard InChI is InChI=1S/C24H32N2O/c27-22(15-18-7-4-5-8-18)13-12-20-17-26-24(21-11-6-14-25-16-21)23(20)19-9-2-1-3-10-19/h6,11,14,16-19,23H,1-5,7-10,12-13,15H2. The van der Waals surface area contributed by atoms with Gasteiger partial charge in [0, 0.05) is 42.9 Å². The summed E-state index contributed by atoms with van der Waals surface area (Å²) in [7, 11) is 0. The van der Waals surface area contributed by atoms with Crippen LogP contribution in [0.25, 0.3) is 0 Å². The molecule has 1 aliphatic heterocycles. The van der Waals surface area contributed by atoms with Gasteiger partial charge in [-0.15, -0.1) is 0 Å². The molecular formula is C24H32N2O. The Morgan fingerprint density at radius 1 is 1.04 bits per heavy atom. The number of hydrogen-bond acceptors (Lipinski definition) is 3. The Kier molecular flexibility index (Phi) is 6.16. The van der Waals surface area contributed by atoms with Crippen LogP contribution < -0.4 is 0 Å². The van der Waals surface area contributed by atoms with Crippen molar-refractivity contribution >= 4 is 11.5 Å². The van der Waals surface area contributed by atoms with Gasteiger partial charge in [0.15, 0.2) is 0 Å². The smallest absolute Gasteiger partial charge is 0.133 e. The molecule has 1 aromatic heterocycles. The summed E-state index contributed by atoms with van der Waals surface area (Å²) in [5, 5.41) is 0. The fraction of sp³-hybridized carbons (Fsp3) is 0.625. The van der Waals surface area contributed by atoms with Gasteiger partial charge >= 0.3 is 0 Å². The maximum absolute atomic E-state index is 12.5. The molecule has 3 nitrogen and oxygen atoms in total. The van der Waals surface area contributed by atoms with Gasteiger partial charge in [-0.2, -0.15) is 0 Å². The molecule has 1 atom stereocenters. The molecule has 0 spiro atoms. The summed E-state index contributed by atoms with van der Waals surface area (Å²) in [5.41, 5.74) is 3.73. The predicted molar refractivity (Wildman–Crippen MR) is 110 cm³/mol. The van der Waals surface area contributed by atoms with Crippen molar-refractivity contribution < 1.29 is 4.79 Å². The number of pyridine rings is 1. The lowest BCUT2D eigenvalue weighted by molar-refractivity contribution is -0.119. The largest absolute Gasteiger partial charge is 0.300 e. The van der Waals surface area contributed by atoms with Crippen molar-refractivity contribution in [3.63, 3.8) is 0 Å². The van der Waals surface area contributed by atoms with E-state index < -0.39 is 0 Å². The van der Waals surface area contributed by atoms with E-state index in [0.717, 1.165) is 18.4 Å². The number of rotatable bonds is 7. The first-order chi connectivity index (χ1) is 13.3. The third-order valence-electron chi connectivity index (χ3n) is 6.83. The zero-order valence-corrected chi connectivity index (χ0v) is 16.4. The fourth-order valence-electron chi connectivity index (χ4n) is 5.39. The molecule has 144 valence electrons. The summed E-state index contributed by atoms with van der Waals surface area (Å²) >= 11 is 0. The van der Waals surface area contributed by atoms with Crippen molar-refractivity contribution in [1.82, 2.24) is 4.98 Å². The summed E-state index contributed by atoms with van der Waals surface area (Å²) in [6.45, 7) is 0. The second kappa shape index (κ2) is 8.95. The van der Waals surface area contributed by atoms with Gasteiger partial charge in [0.05, 0.1) is 5.71 Å². The van der Waals surface area contributed by atoms with E-state index in [-0.39, 0.29) is 0 Å². The minimum absolute atomic E-state index is 0.397. The van der Waals surface area contributed by atoms with Gasteiger partial charge in [0.1, 0.15) is 5.78 Å². The Bertz CT molecular complexity index is 694. The lowest BCUT2D eigenvalue weighted by atomic mass is 9.73. The molecule has 2 aliphatic carbocycles. The maximum Gasteiger partial charge on any atom is 0.133 e. The highest BCUT2D eigenvalue weighted by molar-refractivity contribution is 6.05. The number of Topliss-reactive ketones (excluding diaryl/α,β-unsaturated/α-hetero) is 1. The number of allylic oxidation sites excluding steroid dienone is 1. The zero-order valence-electron chi connectivity index (χ0n) is 16.4. The van der Waals surface area contributed by atoms with Crippen molar-refractivity contribution in [2.75, 3.05) is 0 Å². The number of carbonyl (C=O) groups is 1. The summed E-state index contributed by atoms with van der Waals surface area (Å²) in [6, 6.07) is 4.13. The van der Waals surface area contributed by atoms with E-state index in [9.17, 15) is 4.79 Å². The lowest BCUT2D eigenvalue weighted by Gasteiger charge is -2.30. The van der Waals surface area contributed by atoms with E-state index in [1.165, 1.54) is 69.1 Å². The normalized spacial score (nSPS) is 24.1. The van der Waals surface area contributed by atoms with Crippen LogP contribution in [-0.4, -0.2) is 16.5 Å². The third kappa shape index (κ3) is 4.56. The van der Waals surface area contributed by atoms with Crippen LogP contribution in [0.3, 0.4) is 0 Å². The van der Waals surface area contributed by atoms with Crippen LogP contribution in [0, 0.1) is 17.8 Å². The number of hydrogen-bond donors (Lipinski definition) is 0. The summed E-state index contributed by atoms with van der Waals surface area (Å²) in [5.74, 6) is 2.19. The first kappa shape index (κ1) is 18.6. The highest BCUT2D eigenvalue weighted by atomic mass is 16.1. The van der Waals surface area contributed by atoms with E-state index in [1.807, 2.05) is 18.5 Å². The molecule has 0 N–H and O–H groups in total. The summed E-state index contributed by atoms with van der Waals surface area (Å²) in [4.78, 5) is 21.7. The molecule has 0 aromatic carbocycles. The van der Waals surface area contributed by atoms with E-state index in [4.69, 9.17) is 4.99 Å². The van der Waals surface area contributed by atoms with Crippen LogP contribution >= 0.6 is 0 Å². The zero-order chi connectivity index (χ0) is 18.5. The van der Waals surface area contributed by atoms with Gasteiger partial charge in [0.2, 0.25) is 0 Å². The van der Waals surface area contributed by atoms with Crippen LogP contribution in [0.1, 0.15) is 82.6 Å². The number of nitrogens with zero attached hydrogens (tertiary/aromatic N) is 2. The molecule has 2 fully saturated rings. The topological polar surface area (TPSA) is 42.3 Å². The van der Waals surface area contributed by atoms with Crippen LogP contribution in [-0.2, 0) is 4.79 Å². The molecule has 0 amide bonds. The highest BCUT2D eigenvalue weighted by Gasteiger charge is 2.34.